The van der Waals surface area contributed by atoms with E-state index in [4.69, 9.17) is 0 Å². The molecule has 1 rings (SSSR count). The van der Waals surface area contributed by atoms with Crippen LogP contribution < -0.4 is 5.32 Å². The standard InChI is InChI=1S/C10H21N.3C2H6/c1-7(2)10-9(4)5-8(3)6-11-10;3*1-2/h7-11H,5-6H2,1-4H3;3*1-2H3. The first kappa shape index (κ1) is 22.2. The van der Waals surface area contributed by atoms with E-state index in [9.17, 15) is 0 Å². The molecule has 1 aliphatic rings. The minimum atomic E-state index is 0.756. The fourth-order valence-electron chi connectivity index (χ4n) is 2.30. The summed E-state index contributed by atoms with van der Waals surface area (Å²) < 4.78 is 0. The van der Waals surface area contributed by atoms with Crippen molar-refractivity contribution in [2.45, 2.75) is 81.7 Å². The Kier molecular flexibility index (Phi) is 20.8. The van der Waals surface area contributed by atoms with Crippen LogP contribution in [-0.4, -0.2) is 12.6 Å². The Bertz CT molecular complexity index is 121. The topological polar surface area (TPSA) is 12.0 Å². The largest absolute Gasteiger partial charge is 0.313 e. The first-order valence-corrected chi connectivity index (χ1v) is 7.84. The van der Waals surface area contributed by atoms with Gasteiger partial charge in [-0.05, 0) is 30.7 Å². The molecule has 0 spiro atoms. The predicted octanol–water partition coefficient (Wildman–Crippen LogP) is 5.36. The van der Waals surface area contributed by atoms with Crippen molar-refractivity contribution in [1.29, 1.82) is 0 Å². The van der Waals surface area contributed by atoms with Crippen LogP contribution in [0.1, 0.15) is 75.7 Å². The lowest BCUT2D eigenvalue weighted by atomic mass is 9.82. The first-order chi connectivity index (χ1) is 8.11. The summed E-state index contributed by atoms with van der Waals surface area (Å²) in [5, 5.41) is 3.62. The quantitative estimate of drug-likeness (QED) is 0.656. The maximum Gasteiger partial charge on any atom is 0.0116 e. The lowest BCUT2D eigenvalue weighted by Crippen LogP contribution is -2.46. The molecule has 0 aromatic carbocycles. The highest BCUT2D eigenvalue weighted by atomic mass is 14.9. The summed E-state index contributed by atoms with van der Waals surface area (Å²) in [7, 11) is 0. The van der Waals surface area contributed by atoms with Gasteiger partial charge < -0.3 is 5.32 Å². The Morgan fingerprint density at radius 3 is 1.59 bits per heavy atom. The Morgan fingerprint density at radius 2 is 1.29 bits per heavy atom. The highest BCUT2D eigenvalue weighted by molar-refractivity contribution is 4.83. The fraction of sp³-hybridized carbons (Fsp3) is 1.00. The molecule has 1 saturated heterocycles. The molecular weight excluding hydrogens is 206 g/mol. The molecule has 3 atom stereocenters. The van der Waals surface area contributed by atoms with Crippen molar-refractivity contribution >= 4 is 0 Å². The van der Waals surface area contributed by atoms with E-state index in [1.807, 2.05) is 41.5 Å². The van der Waals surface area contributed by atoms with Crippen LogP contribution in [0.25, 0.3) is 0 Å². The summed E-state index contributed by atoms with van der Waals surface area (Å²) in [4.78, 5) is 0. The highest BCUT2D eigenvalue weighted by Gasteiger charge is 2.26. The zero-order valence-corrected chi connectivity index (χ0v) is 14.2. The normalized spacial score (nSPS) is 26.6. The van der Waals surface area contributed by atoms with E-state index in [-0.39, 0.29) is 0 Å². The molecule has 0 radical (unpaired) electrons. The molecule has 0 aliphatic carbocycles. The van der Waals surface area contributed by atoms with Gasteiger partial charge in [0.1, 0.15) is 0 Å². The van der Waals surface area contributed by atoms with Crippen LogP contribution >= 0.6 is 0 Å². The van der Waals surface area contributed by atoms with E-state index < -0.39 is 0 Å². The molecular formula is C16H39N. The molecule has 0 amide bonds. The SMILES string of the molecule is CC.CC.CC.CC1CNC(C(C)C)C(C)C1. The smallest absolute Gasteiger partial charge is 0.0116 e. The lowest BCUT2D eigenvalue weighted by Gasteiger charge is -2.36. The van der Waals surface area contributed by atoms with Gasteiger partial charge in [0, 0.05) is 6.04 Å². The van der Waals surface area contributed by atoms with Gasteiger partial charge in [-0.25, -0.2) is 0 Å². The molecule has 0 bridgehead atoms. The molecule has 1 nitrogen and oxygen atoms in total. The van der Waals surface area contributed by atoms with Gasteiger partial charge in [0.15, 0.2) is 0 Å². The molecule has 0 aromatic rings. The van der Waals surface area contributed by atoms with Crippen molar-refractivity contribution in [3.8, 4) is 0 Å². The van der Waals surface area contributed by atoms with E-state index in [0.29, 0.717) is 0 Å². The van der Waals surface area contributed by atoms with Gasteiger partial charge in [-0.15, -0.1) is 0 Å². The Labute approximate surface area is 112 Å². The van der Waals surface area contributed by atoms with Gasteiger partial charge in [0.25, 0.3) is 0 Å². The molecule has 0 saturated carbocycles. The Morgan fingerprint density at radius 1 is 0.882 bits per heavy atom. The summed E-state index contributed by atoms with van der Waals surface area (Å²) in [6.07, 6.45) is 1.40. The third-order valence-corrected chi connectivity index (χ3v) is 2.81. The third-order valence-electron chi connectivity index (χ3n) is 2.81. The molecule has 17 heavy (non-hydrogen) atoms. The van der Waals surface area contributed by atoms with Crippen molar-refractivity contribution in [2.75, 3.05) is 6.54 Å². The summed E-state index contributed by atoms with van der Waals surface area (Å²) in [6.45, 7) is 22.5. The monoisotopic (exact) mass is 245 g/mol. The van der Waals surface area contributed by atoms with Crippen LogP contribution in [0.4, 0.5) is 0 Å². The first-order valence-electron chi connectivity index (χ1n) is 7.84. The third kappa shape index (κ3) is 10.8. The molecule has 1 heterocycles. The second-order valence-electron chi connectivity index (χ2n) is 4.50. The van der Waals surface area contributed by atoms with Crippen molar-refractivity contribution in [3.05, 3.63) is 0 Å². The maximum absolute atomic E-state index is 3.62. The van der Waals surface area contributed by atoms with Crippen LogP contribution in [0, 0.1) is 17.8 Å². The van der Waals surface area contributed by atoms with E-state index in [1.165, 1.54) is 13.0 Å². The average molecular weight is 245 g/mol. The number of piperidine rings is 1. The van der Waals surface area contributed by atoms with Crippen LogP contribution in [0.15, 0.2) is 0 Å². The van der Waals surface area contributed by atoms with Gasteiger partial charge in [-0.2, -0.15) is 0 Å². The van der Waals surface area contributed by atoms with Crippen molar-refractivity contribution < 1.29 is 0 Å². The second-order valence-corrected chi connectivity index (χ2v) is 4.50. The van der Waals surface area contributed by atoms with Gasteiger partial charge in [0.05, 0.1) is 0 Å². The molecule has 1 heteroatoms. The van der Waals surface area contributed by atoms with Crippen LogP contribution in [0.3, 0.4) is 0 Å². The van der Waals surface area contributed by atoms with E-state index in [1.54, 1.807) is 0 Å². The Balaban J connectivity index is -0.000000285. The molecule has 3 unspecified atom stereocenters. The minimum Gasteiger partial charge on any atom is -0.313 e. The molecule has 0 aromatic heterocycles. The summed E-state index contributed by atoms with van der Waals surface area (Å²) >= 11 is 0. The molecule has 1 N–H and O–H groups in total. The summed E-state index contributed by atoms with van der Waals surface area (Å²) in [5.41, 5.74) is 0. The van der Waals surface area contributed by atoms with Crippen molar-refractivity contribution in [3.63, 3.8) is 0 Å². The Hall–Kier alpha value is -0.0400. The minimum absolute atomic E-state index is 0.756. The fourth-order valence-corrected chi connectivity index (χ4v) is 2.30. The average Bonchev–Trinajstić information content (AvgIpc) is 2.36. The van der Waals surface area contributed by atoms with Crippen LogP contribution in [0.2, 0.25) is 0 Å². The van der Waals surface area contributed by atoms with Crippen molar-refractivity contribution in [2.24, 2.45) is 17.8 Å². The number of rotatable bonds is 1. The molecule has 108 valence electrons. The highest BCUT2D eigenvalue weighted by Crippen LogP contribution is 2.24. The second kappa shape index (κ2) is 16.0. The van der Waals surface area contributed by atoms with Crippen molar-refractivity contribution in [1.82, 2.24) is 5.32 Å². The zero-order chi connectivity index (χ0) is 14.4. The number of hydrogen-bond acceptors (Lipinski definition) is 1. The van der Waals surface area contributed by atoms with E-state index >= 15 is 0 Å². The van der Waals surface area contributed by atoms with E-state index in [2.05, 4.69) is 33.0 Å². The van der Waals surface area contributed by atoms with Gasteiger partial charge in [-0.1, -0.05) is 69.2 Å². The lowest BCUT2D eigenvalue weighted by molar-refractivity contribution is 0.201. The number of hydrogen-bond donors (Lipinski definition) is 1. The molecule has 1 fully saturated rings. The van der Waals surface area contributed by atoms with Crippen LogP contribution in [-0.2, 0) is 0 Å². The predicted molar refractivity (Wildman–Crippen MR) is 83.6 cm³/mol. The summed E-state index contributed by atoms with van der Waals surface area (Å²) in [6, 6.07) is 0.756. The van der Waals surface area contributed by atoms with Crippen LogP contribution in [0.5, 0.6) is 0 Å². The van der Waals surface area contributed by atoms with Gasteiger partial charge in [-0.3, -0.25) is 0 Å². The van der Waals surface area contributed by atoms with E-state index in [0.717, 1.165) is 23.8 Å². The number of nitrogens with one attached hydrogen (secondary N) is 1. The maximum atomic E-state index is 3.62. The summed E-state index contributed by atoms with van der Waals surface area (Å²) in [5.74, 6) is 2.52. The zero-order valence-electron chi connectivity index (χ0n) is 14.2. The van der Waals surface area contributed by atoms with Gasteiger partial charge in [0.2, 0.25) is 0 Å². The molecule has 1 aliphatic heterocycles. The van der Waals surface area contributed by atoms with Gasteiger partial charge >= 0.3 is 0 Å².